The molecule has 0 aliphatic carbocycles. The van der Waals surface area contributed by atoms with Crippen LogP contribution in [0.5, 0.6) is 0 Å². The van der Waals surface area contributed by atoms with Gasteiger partial charge in [-0.2, -0.15) is 0 Å². The van der Waals surface area contributed by atoms with Crippen LogP contribution >= 0.6 is 0 Å². The van der Waals surface area contributed by atoms with Gasteiger partial charge in [0.1, 0.15) is 0 Å². The first-order valence-electron chi connectivity index (χ1n) is 9.07. The molecule has 130 valence electrons. The fraction of sp³-hybridized carbons (Fsp3) is 0.700. The van der Waals surface area contributed by atoms with Gasteiger partial charge in [0.2, 0.25) is 0 Å². The van der Waals surface area contributed by atoms with E-state index in [0.29, 0.717) is 0 Å². The van der Waals surface area contributed by atoms with Gasteiger partial charge in [0.25, 0.3) is 0 Å². The Morgan fingerprint density at radius 1 is 0.957 bits per heavy atom. The van der Waals surface area contributed by atoms with Crippen LogP contribution in [0.25, 0.3) is 0 Å². The molecule has 1 saturated heterocycles. The molecule has 0 spiro atoms. The highest BCUT2D eigenvalue weighted by Crippen LogP contribution is 2.40. The molecule has 0 unspecified atom stereocenters. The molecule has 0 atom stereocenters. The quantitative estimate of drug-likeness (QED) is 0.278. The SMILES string of the molecule is C=CCCC/C(CCCC)=C(/CC=C)B1OC(C)(C)C(C)(C)O1. The largest absolute Gasteiger partial charge is 0.490 e. The Hall–Kier alpha value is -0.795. The smallest absolute Gasteiger partial charge is 0.400 e. The lowest BCUT2D eigenvalue weighted by molar-refractivity contribution is 0.00578. The molecule has 1 rings (SSSR count). The molecule has 0 amide bonds. The normalized spacial score (nSPS) is 20.3. The van der Waals surface area contributed by atoms with E-state index >= 15 is 0 Å². The first kappa shape index (κ1) is 20.2. The number of hydrogen-bond donors (Lipinski definition) is 0. The molecule has 23 heavy (non-hydrogen) atoms. The van der Waals surface area contributed by atoms with Crippen molar-refractivity contribution >= 4 is 7.12 Å². The van der Waals surface area contributed by atoms with Gasteiger partial charge in [-0.1, -0.05) is 31.1 Å². The van der Waals surface area contributed by atoms with Crippen molar-refractivity contribution in [2.24, 2.45) is 0 Å². The number of unbranched alkanes of at least 4 members (excludes halogenated alkanes) is 2. The molecule has 1 aliphatic heterocycles. The number of hydrogen-bond acceptors (Lipinski definition) is 2. The zero-order chi connectivity index (χ0) is 17.5. The molecular formula is C20H35BO2. The van der Waals surface area contributed by atoms with Gasteiger partial charge in [0, 0.05) is 0 Å². The highest BCUT2D eigenvalue weighted by Gasteiger charge is 2.52. The lowest BCUT2D eigenvalue weighted by atomic mass is 9.71. The predicted octanol–water partition coefficient (Wildman–Crippen LogP) is 6.04. The Labute approximate surface area is 144 Å². The van der Waals surface area contributed by atoms with Crippen molar-refractivity contribution in [3.8, 4) is 0 Å². The molecule has 2 nitrogen and oxygen atoms in total. The second kappa shape index (κ2) is 8.89. The lowest BCUT2D eigenvalue weighted by Gasteiger charge is -2.32. The molecule has 3 heteroatoms. The standard InChI is InChI=1S/C20H35BO2/c1-8-11-13-16-17(15-12-9-2)18(14-10-3)21-22-19(4,5)20(6,7)23-21/h8,10H,1,3,9,11-16H2,2,4-7H3/b18-17-. The van der Waals surface area contributed by atoms with Crippen LogP contribution in [-0.2, 0) is 9.31 Å². The molecule has 0 radical (unpaired) electrons. The zero-order valence-electron chi connectivity index (χ0n) is 15.9. The van der Waals surface area contributed by atoms with Crippen LogP contribution in [0.15, 0.2) is 36.4 Å². The monoisotopic (exact) mass is 318 g/mol. The van der Waals surface area contributed by atoms with E-state index in [9.17, 15) is 0 Å². The topological polar surface area (TPSA) is 18.5 Å². The van der Waals surface area contributed by atoms with Crippen molar-refractivity contribution in [2.45, 2.75) is 90.8 Å². The Bertz CT molecular complexity index is 419. The maximum absolute atomic E-state index is 6.30. The Morgan fingerprint density at radius 2 is 1.52 bits per heavy atom. The molecule has 1 aliphatic rings. The maximum Gasteiger partial charge on any atom is 0.490 e. The average Bonchev–Trinajstić information content (AvgIpc) is 2.69. The molecule has 0 bridgehead atoms. The summed E-state index contributed by atoms with van der Waals surface area (Å²) in [6, 6.07) is 0. The van der Waals surface area contributed by atoms with Gasteiger partial charge >= 0.3 is 7.12 Å². The van der Waals surface area contributed by atoms with E-state index in [0.717, 1.165) is 32.1 Å². The summed E-state index contributed by atoms with van der Waals surface area (Å²) in [5, 5.41) is 0. The maximum atomic E-state index is 6.30. The summed E-state index contributed by atoms with van der Waals surface area (Å²) in [7, 11) is -0.242. The highest BCUT2D eigenvalue weighted by atomic mass is 16.7. The minimum atomic E-state index is -0.291. The van der Waals surface area contributed by atoms with Crippen LogP contribution in [0.4, 0.5) is 0 Å². The minimum Gasteiger partial charge on any atom is -0.400 e. The molecule has 0 aromatic rings. The molecule has 0 saturated carbocycles. The van der Waals surface area contributed by atoms with E-state index in [2.05, 4.69) is 47.8 Å². The van der Waals surface area contributed by atoms with Crippen LogP contribution in [0, 0.1) is 0 Å². The summed E-state index contributed by atoms with van der Waals surface area (Å²) < 4.78 is 12.6. The van der Waals surface area contributed by atoms with Crippen LogP contribution < -0.4 is 0 Å². The van der Waals surface area contributed by atoms with E-state index < -0.39 is 0 Å². The van der Waals surface area contributed by atoms with Gasteiger partial charge in [0.05, 0.1) is 11.2 Å². The van der Waals surface area contributed by atoms with Gasteiger partial charge in [-0.15, -0.1) is 13.2 Å². The summed E-state index contributed by atoms with van der Waals surface area (Å²) in [5.74, 6) is 0. The first-order valence-corrected chi connectivity index (χ1v) is 9.07. The van der Waals surface area contributed by atoms with Crippen LogP contribution in [0.2, 0.25) is 0 Å². The summed E-state index contributed by atoms with van der Waals surface area (Å²) >= 11 is 0. The second-order valence-electron chi connectivity index (χ2n) is 7.49. The Kier molecular flexibility index (Phi) is 7.83. The lowest BCUT2D eigenvalue weighted by Crippen LogP contribution is -2.41. The fourth-order valence-corrected chi connectivity index (χ4v) is 2.84. The average molecular weight is 318 g/mol. The second-order valence-corrected chi connectivity index (χ2v) is 7.49. The van der Waals surface area contributed by atoms with E-state index in [1.54, 1.807) is 0 Å². The summed E-state index contributed by atoms with van der Waals surface area (Å²) in [6.45, 7) is 18.5. The number of rotatable bonds is 10. The minimum absolute atomic E-state index is 0.242. The Balaban J connectivity index is 3.05. The highest BCUT2D eigenvalue weighted by molar-refractivity contribution is 6.54. The Morgan fingerprint density at radius 3 is 2.00 bits per heavy atom. The van der Waals surface area contributed by atoms with Crippen LogP contribution in [0.3, 0.4) is 0 Å². The van der Waals surface area contributed by atoms with Gasteiger partial charge in [0.15, 0.2) is 0 Å². The fourth-order valence-electron chi connectivity index (χ4n) is 2.84. The molecular weight excluding hydrogens is 283 g/mol. The van der Waals surface area contributed by atoms with Crippen molar-refractivity contribution in [3.63, 3.8) is 0 Å². The van der Waals surface area contributed by atoms with E-state index in [-0.39, 0.29) is 18.3 Å². The van der Waals surface area contributed by atoms with Crippen molar-refractivity contribution in [1.82, 2.24) is 0 Å². The van der Waals surface area contributed by atoms with E-state index in [1.807, 2.05) is 12.2 Å². The van der Waals surface area contributed by atoms with Gasteiger partial charge in [-0.25, -0.2) is 0 Å². The number of allylic oxidation sites excluding steroid dienone is 4. The van der Waals surface area contributed by atoms with Crippen molar-refractivity contribution in [1.29, 1.82) is 0 Å². The van der Waals surface area contributed by atoms with Crippen LogP contribution in [-0.4, -0.2) is 18.3 Å². The van der Waals surface area contributed by atoms with E-state index in [4.69, 9.17) is 9.31 Å². The summed E-state index contributed by atoms with van der Waals surface area (Å²) in [4.78, 5) is 0. The first-order chi connectivity index (χ1) is 10.8. The van der Waals surface area contributed by atoms with E-state index in [1.165, 1.54) is 23.9 Å². The van der Waals surface area contributed by atoms with Crippen molar-refractivity contribution in [2.75, 3.05) is 0 Å². The van der Waals surface area contributed by atoms with Crippen LogP contribution in [0.1, 0.15) is 79.6 Å². The van der Waals surface area contributed by atoms with Gasteiger partial charge in [-0.3, -0.25) is 0 Å². The van der Waals surface area contributed by atoms with Gasteiger partial charge < -0.3 is 9.31 Å². The summed E-state index contributed by atoms with van der Waals surface area (Å²) in [6.07, 6.45) is 11.6. The third kappa shape index (κ3) is 5.36. The van der Waals surface area contributed by atoms with Crippen molar-refractivity contribution in [3.05, 3.63) is 36.4 Å². The van der Waals surface area contributed by atoms with Crippen molar-refractivity contribution < 1.29 is 9.31 Å². The zero-order valence-corrected chi connectivity index (χ0v) is 15.9. The van der Waals surface area contributed by atoms with Gasteiger partial charge in [-0.05, 0) is 71.7 Å². The molecule has 1 heterocycles. The third-order valence-electron chi connectivity index (χ3n) is 5.08. The molecule has 0 aromatic carbocycles. The third-order valence-corrected chi connectivity index (χ3v) is 5.08. The molecule has 0 N–H and O–H groups in total. The molecule has 0 aromatic heterocycles. The summed E-state index contributed by atoms with van der Waals surface area (Å²) in [5.41, 5.74) is 2.20. The molecule has 1 fully saturated rings. The predicted molar refractivity (Wildman–Crippen MR) is 101 cm³/mol.